The maximum absolute atomic E-state index is 12.9. The van der Waals surface area contributed by atoms with Crippen LogP contribution in [0.5, 0.6) is 0 Å². The van der Waals surface area contributed by atoms with Gasteiger partial charge < -0.3 is 4.90 Å². The van der Waals surface area contributed by atoms with Crippen LogP contribution in [-0.4, -0.2) is 32.8 Å². The molecule has 4 rings (SSSR count). The lowest BCUT2D eigenvalue weighted by molar-refractivity contribution is 0.0781. The number of fused-ring (bicyclic) bond motifs is 1. The van der Waals surface area contributed by atoms with Crippen molar-refractivity contribution in [2.45, 2.75) is 6.54 Å². The number of hydrogen-bond acceptors (Lipinski definition) is 6. The van der Waals surface area contributed by atoms with E-state index in [4.69, 9.17) is 0 Å². The number of rotatable bonds is 4. The van der Waals surface area contributed by atoms with E-state index in [0.29, 0.717) is 22.9 Å². The van der Waals surface area contributed by atoms with Gasteiger partial charge in [0.1, 0.15) is 10.7 Å². The van der Waals surface area contributed by atoms with Crippen molar-refractivity contribution in [1.29, 1.82) is 0 Å². The Morgan fingerprint density at radius 3 is 2.76 bits per heavy atom. The molecular weight excluding hydrogens is 352 g/mol. The second-order valence-electron chi connectivity index (χ2n) is 5.48. The van der Waals surface area contributed by atoms with Gasteiger partial charge in [-0.3, -0.25) is 4.79 Å². The maximum atomic E-state index is 12.9. The fourth-order valence-electron chi connectivity index (χ4n) is 2.51. The van der Waals surface area contributed by atoms with Crippen molar-refractivity contribution >= 4 is 38.8 Å². The fourth-order valence-corrected chi connectivity index (χ4v) is 4.23. The molecule has 3 aromatic heterocycles. The molecule has 0 N–H and O–H groups in total. The summed E-state index contributed by atoms with van der Waals surface area (Å²) < 4.78 is 1.06. The summed E-state index contributed by atoms with van der Waals surface area (Å²) >= 11 is 3.14. The van der Waals surface area contributed by atoms with Gasteiger partial charge in [-0.1, -0.05) is 18.2 Å². The molecule has 4 aromatic rings. The van der Waals surface area contributed by atoms with Gasteiger partial charge in [-0.2, -0.15) is 0 Å². The van der Waals surface area contributed by atoms with Gasteiger partial charge in [-0.15, -0.1) is 22.7 Å². The third-order valence-corrected chi connectivity index (χ3v) is 5.62. The van der Waals surface area contributed by atoms with Crippen LogP contribution >= 0.6 is 22.7 Å². The molecule has 0 aliphatic carbocycles. The second-order valence-corrected chi connectivity index (χ2v) is 7.54. The first-order valence-electron chi connectivity index (χ1n) is 7.67. The molecule has 7 heteroatoms. The van der Waals surface area contributed by atoms with Gasteiger partial charge in [-0.25, -0.2) is 15.0 Å². The summed E-state index contributed by atoms with van der Waals surface area (Å²) in [5.74, 6) is -0.157. The number of carbonyl (C=O) groups excluding carboxylic acids is 1. The molecule has 0 fully saturated rings. The lowest BCUT2D eigenvalue weighted by Crippen LogP contribution is -2.27. The third-order valence-electron chi connectivity index (χ3n) is 3.72. The zero-order chi connectivity index (χ0) is 17.2. The topological polar surface area (TPSA) is 59.0 Å². The summed E-state index contributed by atoms with van der Waals surface area (Å²) in [6.07, 6.45) is 3.14. The molecule has 0 saturated carbocycles. The smallest absolute Gasteiger partial charge is 0.274 e. The van der Waals surface area contributed by atoms with Crippen LogP contribution in [0, 0.1) is 0 Å². The summed E-state index contributed by atoms with van der Waals surface area (Å²) in [6, 6.07) is 11.9. The summed E-state index contributed by atoms with van der Waals surface area (Å²) in [5.41, 5.74) is 1.77. The molecule has 124 valence electrons. The van der Waals surface area contributed by atoms with Crippen LogP contribution in [0.25, 0.3) is 20.9 Å². The molecule has 25 heavy (non-hydrogen) atoms. The van der Waals surface area contributed by atoms with E-state index in [0.717, 1.165) is 15.1 Å². The summed E-state index contributed by atoms with van der Waals surface area (Å²) in [7, 11) is 1.78. The van der Waals surface area contributed by atoms with Gasteiger partial charge >= 0.3 is 0 Å². The number of carbonyl (C=O) groups is 1. The Bertz CT molecular complexity index is 993. The Morgan fingerprint density at radius 1 is 1.12 bits per heavy atom. The zero-order valence-corrected chi connectivity index (χ0v) is 15.0. The number of benzene rings is 1. The fraction of sp³-hybridized carbons (Fsp3) is 0.111. The van der Waals surface area contributed by atoms with Crippen molar-refractivity contribution in [3.63, 3.8) is 0 Å². The highest BCUT2D eigenvalue weighted by atomic mass is 32.1. The Kier molecular flexibility index (Phi) is 4.25. The van der Waals surface area contributed by atoms with E-state index >= 15 is 0 Å². The molecule has 0 unspecified atom stereocenters. The first-order chi connectivity index (χ1) is 12.2. The average molecular weight is 366 g/mol. The van der Waals surface area contributed by atoms with Crippen molar-refractivity contribution in [2.75, 3.05) is 7.05 Å². The van der Waals surface area contributed by atoms with Crippen LogP contribution in [0.4, 0.5) is 0 Å². The molecule has 0 atom stereocenters. The highest BCUT2D eigenvalue weighted by Crippen LogP contribution is 2.30. The van der Waals surface area contributed by atoms with Crippen molar-refractivity contribution in [2.24, 2.45) is 0 Å². The second kappa shape index (κ2) is 6.70. The molecule has 0 spiro atoms. The van der Waals surface area contributed by atoms with E-state index in [1.54, 1.807) is 35.7 Å². The van der Waals surface area contributed by atoms with Crippen LogP contribution in [0.15, 0.2) is 54.2 Å². The van der Waals surface area contributed by atoms with E-state index in [-0.39, 0.29) is 5.91 Å². The van der Waals surface area contributed by atoms with Crippen molar-refractivity contribution < 1.29 is 4.79 Å². The van der Waals surface area contributed by atoms with Crippen LogP contribution in [0.2, 0.25) is 0 Å². The van der Waals surface area contributed by atoms with E-state index in [2.05, 4.69) is 15.0 Å². The quantitative estimate of drug-likeness (QED) is 0.546. The van der Waals surface area contributed by atoms with Gasteiger partial charge in [0.15, 0.2) is 5.69 Å². The predicted octanol–water partition coefficient (Wildman–Crippen LogP) is 4.09. The van der Waals surface area contributed by atoms with Crippen molar-refractivity contribution in [3.8, 4) is 10.7 Å². The lowest BCUT2D eigenvalue weighted by Gasteiger charge is -2.16. The van der Waals surface area contributed by atoms with Gasteiger partial charge in [0.05, 0.1) is 16.8 Å². The first kappa shape index (κ1) is 15.9. The van der Waals surface area contributed by atoms with Gasteiger partial charge in [0, 0.05) is 24.3 Å². The van der Waals surface area contributed by atoms with E-state index in [1.165, 1.54) is 11.3 Å². The van der Waals surface area contributed by atoms with Crippen LogP contribution in [0.3, 0.4) is 0 Å². The van der Waals surface area contributed by atoms with Gasteiger partial charge in [0.25, 0.3) is 5.91 Å². The molecule has 0 bridgehead atoms. The molecule has 1 aromatic carbocycles. The highest BCUT2D eigenvalue weighted by Gasteiger charge is 2.22. The number of hydrogen-bond donors (Lipinski definition) is 0. The SMILES string of the molecule is CN(Cc1cccs1)C(=O)c1nccnc1-c1nc2ccccc2s1. The van der Waals surface area contributed by atoms with E-state index < -0.39 is 0 Å². The number of thiazole rings is 1. The molecular formula is C18H14N4OS2. The van der Waals surface area contributed by atoms with E-state index in [1.807, 2.05) is 41.8 Å². The minimum atomic E-state index is -0.157. The molecule has 0 aliphatic heterocycles. The summed E-state index contributed by atoms with van der Waals surface area (Å²) in [4.78, 5) is 29.0. The van der Waals surface area contributed by atoms with Gasteiger partial charge in [-0.05, 0) is 23.6 Å². The Hall–Kier alpha value is -2.64. The first-order valence-corrected chi connectivity index (χ1v) is 9.37. The minimum Gasteiger partial charge on any atom is -0.335 e. The van der Waals surface area contributed by atoms with Crippen LogP contribution in [-0.2, 0) is 6.54 Å². The predicted molar refractivity (Wildman–Crippen MR) is 101 cm³/mol. The largest absolute Gasteiger partial charge is 0.335 e. The molecule has 3 heterocycles. The molecule has 0 radical (unpaired) electrons. The Balaban J connectivity index is 1.69. The summed E-state index contributed by atoms with van der Waals surface area (Å²) in [6.45, 7) is 0.548. The van der Waals surface area contributed by atoms with Crippen LogP contribution < -0.4 is 0 Å². The van der Waals surface area contributed by atoms with Crippen LogP contribution in [0.1, 0.15) is 15.4 Å². The number of nitrogens with zero attached hydrogens (tertiary/aromatic N) is 4. The normalized spacial score (nSPS) is 10.9. The molecule has 1 amide bonds. The lowest BCUT2D eigenvalue weighted by atomic mass is 10.2. The number of para-hydroxylation sites is 1. The maximum Gasteiger partial charge on any atom is 0.274 e. The molecule has 0 aliphatic rings. The number of thiophene rings is 1. The average Bonchev–Trinajstić information content (AvgIpc) is 3.30. The zero-order valence-electron chi connectivity index (χ0n) is 13.4. The summed E-state index contributed by atoms with van der Waals surface area (Å²) in [5, 5.41) is 2.71. The molecule has 0 saturated heterocycles. The van der Waals surface area contributed by atoms with E-state index in [9.17, 15) is 4.79 Å². The Labute approximate surface area is 152 Å². The van der Waals surface area contributed by atoms with Gasteiger partial charge in [0.2, 0.25) is 0 Å². The number of amides is 1. The standard InChI is InChI=1S/C18H14N4OS2/c1-22(11-12-5-4-10-24-12)18(23)16-15(19-8-9-20-16)17-21-13-6-2-3-7-14(13)25-17/h2-10H,11H2,1H3. The molecule has 5 nitrogen and oxygen atoms in total. The van der Waals surface area contributed by atoms with Crippen molar-refractivity contribution in [1.82, 2.24) is 19.9 Å². The Morgan fingerprint density at radius 2 is 1.96 bits per heavy atom. The minimum absolute atomic E-state index is 0.157. The number of aromatic nitrogens is 3. The highest BCUT2D eigenvalue weighted by molar-refractivity contribution is 7.21. The monoisotopic (exact) mass is 366 g/mol. The van der Waals surface area contributed by atoms with Crippen molar-refractivity contribution in [3.05, 3.63) is 64.7 Å². The third kappa shape index (κ3) is 3.16.